The number of benzene rings is 1. The first-order chi connectivity index (χ1) is 7.61. The van der Waals surface area contributed by atoms with Crippen LogP contribution in [0.5, 0.6) is 5.75 Å². The van der Waals surface area contributed by atoms with Gasteiger partial charge in [0, 0.05) is 0 Å². The molecule has 0 heterocycles. The first-order valence-corrected chi connectivity index (χ1v) is 5.17. The van der Waals surface area contributed by atoms with Gasteiger partial charge in [-0.15, -0.1) is 0 Å². The first-order valence-electron chi connectivity index (χ1n) is 4.41. The third kappa shape index (κ3) is 2.68. The van der Waals surface area contributed by atoms with Crippen LogP contribution in [0, 0.1) is 0 Å². The van der Waals surface area contributed by atoms with Gasteiger partial charge in [-0.3, -0.25) is 0 Å². The van der Waals surface area contributed by atoms with Crippen molar-refractivity contribution in [1.29, 1.82) is 0 Å². The minimum Gasteiger partial charge on any atom is -0.494 e. The molecule has 1 rings (SSSR count). The SMILES string of the molecule is C=CCOC(=O)c1c(Cl)ccc(Cl)c1OC. The first kappa shape index (κ1) is 12.9. The number of methoxy groups -OCH3 is 1. The standard InChI is InChI=1S/C11H10Cl2O3/c1-3-6-16-11(14)9-7(12)4-5-8(13)10(9)15-2/h3-5H,1,6H2,2H3. The average molecular weight is 261 g/mol. The van der Waals surface area contributed by atoms with E-state index in [-0.39, 0.29) is 22.9 Å². The quantitative estimate of drug-likeness (QED) is 0.616. The van der Waals surface area contributed by atoms with Gasteiger partial charge in [0.25, 0.3) is 0 Å². The molecule has 5 heteroatoms. The van der Waals surface area contributed by atoms with Gasteiger partial charge in [-0.2, -0.15) is 0 Å². The van der Waals surface area contributed by atoms with Crippen LogP contribution in [0.3, 0.4) is 0 Å². The Morgan fingerprint density at radius 2 is 2.06 bits per heavy atom. The molecular formula is C11H10Cl2O3. The average Bonchev–Trinajstić information content (AvgIpc) is 2.28. The lowest BCUT2D eigenvalue weighted by Gasteiger charge is -2.10. The van der Waals surface area contributed by atoms with Crippen LogP contribution in [0.4, 0.5) is 0 Å². The Morgan fingerprint density at radius 1 is 1.44 bits per heavy atom. The molecule has 1 aromatic carbocycles. The number of esters is 1. The highest BCUT2D eigenvalue weighted by atomic mass is 35.5. The third-order valence-electron chi connectivity index (χ3n) is 1.80. The van der Waals surface area contributed by atoms with Crippen molar-refractivity contribution in [2.45, 2.75) is 0 Å². The zero-order valence-corrected chi connectivity index (χ0v) is 10.1. The van der Waals surface area contributed by atoms with E-state index >= 15 is 0 Å². The van der Waals surface area contributed by atoms with Crippen molar-refractivity contribution < 1.29 is 14.3 Å². The number of rotatable bonds is 4. The maximum Gasteiger partial charge on any atom is 0.343 e. The molecule has 0 saturated heterocycles. The normalized spacial score (nSPS) is 9.69. The van der Waals surface area contributed by atoms with E-state index in [2.05, 4.69) is 6.58 Å². The van der Waals surface area contributed by atoms with Crippen LogP contribution in [0.1, 0.15) is 10.4 Å². The summed E-state index contributed by atoms with van der Waals surface area (Å²) in [6.45, 7) is 3.54. The van der Waals surface area contributed by atoms with Gasteiger partial charge in [-0.05, 0) is 12.1 Å². The molecule has 0 amide bonds. The third-order valence-corrected chi connectivity index (χ3v) is 2.41. The summed E-state index contributed by atoms with van der Waals surface area (Å²) in [5.74, 6) is -0.382. The van der Waals surface area contributed by atoms with Crippen LogP contribution in [0.2, 0.25) is 10.0 Å². The molecule has 0 bridgehead atoms. The predicted octanol–water partition coefficient (Wildman–Crippen LogP) is 3.34. The Hall–Kier alpha value is -1.19. The second kappa shape index (κ2) is 5.77. The van der Waals surface area contributed by atoms with Gasteiger partial charge >= 0.3 is 5.97 Å². The monoisotopic (exact) mass is 260 g/mol. The molecule has 16 heavy (non-hydrogen) atoms. The fraction of sp³-hybridized carbons (Fsp3) is 0.182. The summed E-state index contributed by atoms with van der Waals surface area (Å²) in [6.07, 6.45) is 1.46. The maximum atomic E-state index is 11.7. The molecule has 1 aromatic rings. The Morgan fingerprint density at radius 3 is 2.62 bits per heavy atom. The van der Waals surface area contributed by atoms with Crippen molar-refractivity contribution in [3.05, 3.63) is 40.4 Å². The molecule has 0 unspecified atom stereocenters. The Kier molecular flexibility index (Phi) is 4.65. The predicted molar refractivity (Wildman–Crippen MR) is 63.5 cm³/mol. The molecule has 0 spiro atoms. The second-order valence-electron chi connectivity index (χ2n) is 2.82. The minimum atomic E-state index is -0.593. The summed E-state index contributed by atoms with van der Waals surface area (Å²) in [5, 5.41) is 0.535. The maximum absolute atomic E-state index is 11.7. The molecule has 0 N–H and O–H groups in total. The van der Waals surface area contributed by atoms with Crippen molar-refractivity contribution >= 4 is 29.2 Å². The van der Waals surface area contributed by atoms with Crippen LogP contribution in [-0.4, -0.2) is 19.7 Å². The fourth-order valence-electron chi connectivity index (χ4n) is 1.13. The summed E-state index contributed by atoms with van der Waals surface area (Å²) < 4.78 is 9.89. The van der Waals surface area contributed by atoms with Crippen LogP contribution in [-0.2, 0) is 4.74 Å². The van der Waals surface area contributed by atoms with Gasteiger partial charge in [0.1, 0.15) is 12.2 Å². The van der Waals surface area contributed by atoms with Gasteiger partial charge in [0.15, 0.2) is 5.75 Å². The van der Waals surface area contributed by atoms with Gasteiger partial charge < -0.3 is 9.47 Å². The van der Waals surface area contributed by atoms with Gasteiger partial charge in [-0.1, -0.05) is 35.9 Å². The topological polar surface area (TPSA) is 35.5 Å². The van der Waals surface area contributed by atoms with Crippen molar-refractivity contribution in [3.8, 4) is 5.75 Å². The van der Waals surface area contributed by atoms with Crippen molar-refractivity contribution in [1.82, 2.24) is 0 Å². The van der Waals surface area contributed by atoms with E-state index in [9.17, 15) is 4.79 Å². The Labute approximate surface area is 104 Å². The molecule has 0 radical (unpaired) electrons. The van der Waals surface area contributed by atoms with E-state index in [4.69, 9.17) is 32.7 Å². The van der Waals surface area contributed by atoms with Crippen LogP contribution >= 0.6 is 23.2 Å². The second-order valence-corrected chi connectivity index (χ2v) is 3.64. The Balaban J connectivity index is 3.14. The number of hydrogen-bond donors (Lipinski definition) is 0. The highest BCUT2D eigenvalue weighted by Crippen LogP contribution is 2.34. The molecule has 0 aliphatic carbocycles. The van der Waals surface area contributed by atoms with Crippen LogP contribution in [0.15, 0.2) is 24.8 Å². The summed E-state index contributed by atoms with van der Waals surface area (Å²) in [5.41, 5.74) is 0.124. The van der Waals surface area contributed by atoms with Gasteiger partial charge in [-0.25, -0.2) is 4.79 Å². The van der Waals surface area contributed by atoms with Crippen molar-refractivity contribution in [2.75, 3.05) is 13.7 Å². The van der Waals surface area contributed by atoms with E-state index in [1.807, 2.05) is 0 Å². The summed E-state index contributed by atoms with van der Waals surface area (Å²) in [4.78, 5) is 11.7. The lowest BCUT2D eigenvalue weighted by atomic mass is 10.2. The number of ether oxygens (including phenoxy) is 2. The smallest absolute Gasteiger partial charge is 0.343 e. The summed E-state index contributed by atoms with van der Waals surface area (Å²) in [6, 6.07) is 3.06. The fourth-order valence-corrected chi connectivity index (χ4v) is 1.59. The molecule has 0 saturated carbocycles. The zero-order valence-electron chi connectivity index (χ0n) is 8.63. The molecule has 0 aliphatic heterocycles. The minimum absolute atomic E-state index is 0.102. The van der Waals surface area contributed by atoms with E-state index in [1.165, 1.54) is 19.3 Å². The zero-order chi connectivity index (χ0) is 12.1. The van der Waals surface area contributed by atoms with E-state index in [1.54, 1.807) is 6.07 Å². The highest BCUT2D eigenvalue weighted by Gasteiger charge is 2.20. The molecule has 0 aromatic heterocycles. The van der Waals surface area contributed by atoms with Crippen molar-refractivity contribution in [2.24, 2.45) is 0 Å². The van der Waals surface area contributed by atoms with Gasteiger partial charge in [0.05, 0.1) is 17.2 Å². The largest absolute Gasteiger partial charge is 0.494 e. The summed E-state index contributed by atoms with van der Waals surface area (Å²) in [7, 11) is 1.40. The number of carbonyl (C=O) groups excluding carboxylic acids is 1. The highest BCUT2D eigenvalue weighted by molar-refractivity contribution is 6.37. The van der Waals surface area contributed by atoms with Crippen LogP contribution in [0.25, 0.3) is 0 Å². The molecular weight excluding hydrogens is 251 g/mol. The number of halogens is 2. The molecule has 0 aliphatic rings. The Bertz CT molecular complexity index is 416. The van der Waals surface area contributed by atoms with Gasteiger partial charge in [0.2, 0.25) is 0 Å². The van der Waals surface area contributed by atoms with Crippen molar-refractivity contribution in [3.63, 3.8) is 0 Å². The number of hydrogen-bond acceptors (Lipinski definition) is 3. The molecule has 3 nitrogen and oxygen atoms in total. The number of carbonyl (C=O) groups is 1. The summed E-state index contributed by atoms with van der Waals surface area (Å²) >= 11 is 11.8. The lowest BCUT2D eigenvalue weighted by molar-refractivity contribution is 0.0546. The molecule has 86 valence electrons. The molecule has 0 atom stereocenters. The van der Waals surface area contributed by atoms with E-state index < -0.39 is 5.97 Å². The lowest BCUT2D eigenvalue weighted by Crippen LogP contribution is -2.08. The molecule has 0 fully saturated rings. The van der Waals surface area contributed by atoms with Crippen LogP contribution < -0.4 is 4.74 Å². The van der Waals surface area contributed by atoms with E-state index in [0.717, 1.165) is 0 Å². The van der Waals surface area contributed by atoms with E-state index in [0.29, 0.717) is 5.02 Å².